The fraction of sp³-hybridized carbons (Fsp3) is 0.462. The zero-order chi connectivity index (χ0) is 14.7. The Morgan fingerprint density at radius 3 is 2.95 bits per heavy atom. The number of rotatable bonds is 5. The summed E-state index contributed by atoms with van der Waals surface area (Å²) in [5.74, 6) is 0. The van der Waals surface area contributed by atoms with Crippen LogP contribution in [0.3, 0.4) is 0 Å². The third-order valence-corrected chi connectivity index (χ3v) is 3.39. The van der Waals surface area contributed by atoms with Crippen LogP contribution in [0.25, 0.3) is 11.1 Å². The number of hydrogen-bond acceptors (Lipinski definition) is 7. The maximum Gasteiger partial charge on any atom is 0.295 e. The highest BCUT2D eigenvalue weighted by Crippen LogP contribution is 2.23. The Hall–Kier alpha value is -2.19. The van der Waals surface area contributed by atoms with Crippen molar-refractivity contribution in [2.24, 2.45) is 0 Å². The van der Waals surface area contributed by atoms with E-state index in [4.69, 9.17) is 9.15 Å². The summed E-state index contributed by atoms with van der Waals surface area (Å²) in [5.41, 5.74) is 1.03. The molecule has 1 aliphatic heterocycles. The molecule has 1 fully saturated rings. The van der Waals surface area contributed by atoms with Crippen LogP contribution < -0.4 is 5.32 Å². The third-order valence-electron chi connectivity index (χ3n) is 3.39. The Morgan fingerprint density at radius 1 is 1.38 bits per heavy atom. The number of ether oxygens (including phenoxy) is 1. The van der Waals surface area contributed by atoms with E-state index in [0.29, 0.717) is 23.7 Å². The number of oxazole rings is 1. The lowest BCUT2D eigenvalue weighted by Crippen LogP contribution is -2.39. The van der Waals surface area contributed by atoms with Crippen LogP contribution in [-0.4, -0.2) is 54.2 Å². The summed E-state index contributed by atoms with van der Waals surface area (Å²) in [6, 6.07) is 4.77. The normalized spacial score (nSPS) is 16.2. The second-order valence-corrected chi connectivity index (χ2v) is 4.81. The Balaban J connectivity index is 1.60. The molecule has 0 aliphatic carbocycles. The SMILES string of the molecule is O=[N+]([O-])c1ccc2oc(NCCN3CCOCC3)nc2c1. The van der Waals surface area contributed by atoms with Crippen LogP contribution in [0, 0.1) is 10.1 Å². The molecule has 112 valence electrons. The van der Waals surface area contributed by atoms with E-state index in [1.165, 1.54) is 12.1 Å². The van der Waals surface area contributed by atoms with Crippen LogP contribution in [0.5, 0.6) is 0 Å². The quantitative estimate of drug-likeness (QED) is 0.659. The summed E-state index contributed by atoms with van der Waals surface area (Å²) < 4.78 is 10.8. The summed E-state index contributed by atoms with van der Waals surface area (Å²) in [5, 5.41) is 13.8. The zero-order valence-corrected chi connectivity index (χ0v) is 11.4. The predicted molar refractivity (Wildman–Crippen MR) is 76.4 cm³/mol. The fourth-order valence-electron chi connectivity index (χ4n) is 2.25. The number of nitrogens with zero attached hydrogens (tertiary/aromatic N) is 3. The number of hydrogen-bond donors (Lipinski definition) is 1. The van der Waals surface area contributed by atoms with Gasteiger partial charge >= 0.3 is 0 Å². The third kappa shape index (κ3) is 3.29. The van der Waals surface area contributed by atoms with Crippen molar-refractivity contribution < 1.29 is 14.1 Å². The minimum Gasteiger partial charge on any atom is -0.424 e. The minimum absolute atomic E-state index is 0.00988. The van der Waals surface area contributed by atoms with E-state index in [1.807, 2.05) is 0 Å². The average molecular weight is 292 g/mol. The van der Waals surface area contributed by atoms with Crippen molar-refractivity contribution in [2.75, 3.05) is 44.7 Å². The summed E-state index contributed by atoms with van der Waals surface area (Å²) in [6.45, 7) is 4.99. The highest BCUT2D eigenvalue weighted by molar-refractivity contribution is 5.77. The van der Waals surface area contributed by atoms with E-state index in [9.17, 15) is 10.1 Å². The predicted octanol–water partition coefficient (Wildman–Crippen LogP) is 1.48. The number of aromatic nitrogens is 1. The molecule has 1 aliphatic rings. The molecular weight excluding hydrogens is 276 g/mol. The number of nitrogens with one attached hydrogen (secondary N) is 1. The number of benzene rings is 1. The highest BCUT2D eigenvalue weighted by Gasteiger charge is 2.12. The molecule has 1 N–H and O–H groups in total. The number of morpholine rings is 1. The van der Waals surface area contributed by atoms with Crippen molar-refractivity contribution in [3.8, 4) is 0 Å². The first-order chi connectivity index (χ1) is 10.2. The Bertz CT molecular complexity index is 636. The van der Waals surface area contributed by atoms with Gasteiger partial charge in [-0.15, -0.1) is 0 Å². The van der Waals surface area contributed by atoms with Crippen LogP contribution in [0.4, 0.5) is 11.7 Å². The molecule has 0 radical (unpaired) electrons. The second-order valence-electron chi connectivity index (χ2n) is 4.81. The summed E-state index contributed by atoms with van der Waals surface area (Å²) in [4.78, 5) is 16.8. The molecule has 0 unspecified atom stereocenters. The molecule has 1 aromatic heterocycles. The minimum atomic E-state index is -0.445. The van der Waals surface area contributed by atoms with Gasteiger partial charge in [-0.25, -0.2) is 0 Å². The monoisotopic (exact) mass is 292 g/mol. The molecule has 8 nitrogen and oxygen atoms in total. The van der Waals surface area contributed by atoms with Crippen LogP contribution >= 0.6 is 0 Å². The van der Waals surface area contributed by atoms with E-state index in [0.717, 1.165) is 32.8 Å². The van der Waals surface area contributed by atoms with Crippen molar-refractivity contribution in [2.45, 2.75) is 0 Å². The molecule has 8 heteroatoms. The van der Waals surface area contributed by atoms with Gasteiger partial charge in [0.25, 0.3) is 11.7 Å². The van der Waals surface area contributed by atoms with Crippen LogP contribution in [-0.2, 0) is 4.74 Å². The van der Waals surface area contributed by atoms with Gasteiger partial charge in [0.1, 0.15) is 5.52 Å². The second kappa shape index (κ2) is 6.06. The first kappa shape index (κ1) is 13.8. The van der Waals surface area contributed by atoms with Gasteiger partial charge in [0.2, 0.25) is 0 Å². The maximum atomic E-state index is 10.7. The molecule has 0 amide bonds. The lowest BCUT2D eigenvalue weighted by molar-refractivity contribution is -0.384. The number of anilines is 1. The van der Waals surface area contributed by atoms with E-state index in [2.05, 4.69) is 15.2 Å². The highest BCUT2D eigenvalue weighted by atomic mass is 16.6. The molecule has 3 rings (SSSR count). The van der Waals surface area contributed by atoms with Gasteiger partial charge in [-0.3, -0.25) is 15.0 Å². The smallest absolute Gasteiger partial charge is 0.295 e. The van der Waals surface area contributed by atoms with Crippen molar-refractivity contribution in [1.29, 1.82) is 0 Å². The van der Waals surface area contributed by atoms with E-state index in [-0.39, 0.29) is 5.69 Å². The van der Waals surface area contributed by atoms with Crippen LogP contribution in [0.15, 0.2) is 22.6 Å². The summed E-state index contributed by atoms with van der Waals surface area (Å²) in [6.07, 6.45) is 0. The van der Waals surface area contributed by atoms with Gasteiger partial charge in [-0.1, -0.05) is 0 Å². The van der Waals surface area contributed by atoms with Crippen LogP contribution in [0.1, 0.15) is 0 Å². The molecular formula is C13H16N4O4. The standard InChI is InChI=1S/C13H16N4O4/c18-17(19)10-1-2-12-11(9-10)15-13(21-12)14-3-4-16-5-7-20-8-6-16/h1-2,9H,3-8H2,(H,14,15). The van der Waals surface area contributed by atoms with E-state index in [1.54, 1.807) is 6.07 Å². The van der Waals surface area contributed by atoms with Gasteiger partial charge in [0, 0.05) is 38.3 Å². The number of nitro groups is 1. The molecule has 0 atom stereocenters. The van der Waals surface area contributed by atoms with Crippen LogP contribution in [0.2, 0.25) is 0 Å². The molecule has 2 aromatic rings. The number of fused-ring (bicyclic) bond motifs is 1. The van der Waals surface area contributed by atoms with Crippen molar-refractivity contribution in [3.63, 3.8) is 0 Å². The molecule has 1 aromatic carbocycles. The van der Waals surface area contributed by atoms with E-state index < -0.39 is 4.92 Å². The van der Waals surface area contributed by atoms with Gasteiger partial charge in [-0.05, 0) is 6.07 Å². The van der Waals surface area contributed by atoms with E-state index >= 15 is 0 Å². The molecule has 21 heavy (non-hydrogen) atoms. The van der Waals surface area contributed by atoms with Gasteiger partial charge in [-0.2, -0.15) is 4.98 Å². The van der Waals surface area contributed by atoms with Gasteiger partial charge < -0.3 is 14.5 Å². The molecule has 2 heterocycles. The van der Waals surface area contributed by atoms with Gasteiger partial charge in [0.15, 0.2) is 5.58 Å². The Morgan fingerprint density at radius 2 is 2.19 bits per heavy atom. The Kier molecular flexibility index (Phi) is 3.98. The van der Waals surface area contributed by atoms with Gasteiger partial charge in [0.05, 0.1) is 18.1 Å². The maximum absolute atomic E-state index is 10.7. The first-order valence-electron chi connectivity index (χ1n) is 6.81. The molecule has 0 bridgehead atoms. The van der Waals surface area contributed by atoms with Crippen molar-refractivity contribution >= 4 is 22.8 Å². The largest absolute Gasteiger partial charge is 0.424 e. The van der Waals surface area contributed by atoms with Crippen molar-refractivity contribution in [1.82, 2.24) is 9.88 Å². The number of non-ortho nitro benzene ring substituents is 1. The summed E-state index contributed by atoms with van der Waals surface area (Å²) >= 11 is 0. The summed E-state index contributed by atoms with van der Waals surface area (Å²) in [7, 11) is 0. The lowest BCUT2D eigenvalue weighted by atomic mass is 10.3. The fourth-order valence-corrected chi connectivity index (χ4v) is 2.25. The molecule has 0 spiro atoms. The lowest BCUT2D eigenvalue weighted by Gasteiger charge is -2.26. The average Bonchev–Trinajstić information content (AvgIpc) is 2.90. The number of nitro benzene ring substituents is 1. The molecule has 1 saturated heterocycles. The molecule has 0 saturated carbocycles. The van der Waals surface area contributed by atoms with Crippen molar-refractivity contribution in [3.05, 3.63) is 28.3 Å². The Labute approximate surface area is 120 Å². The first-order valence-corrected chi connectivity index (χ1v) is 6.81. The zero-order valence-electron chi connectivity index (χ0n) is 11.4. The topological polar surface area (TPSA) is 93.7 Å².